The van der Waals surface area contributed by atoms with Gasteiger partial charge in [-0.2, -0.15) is 0 Å². The van der Waals surface area contributed by atoms with Gasteiger partial charge in [0.1, 0.15) is 18.3 Å². The Morgan fingerprint density at radius 1 is 1.39 bits per heavy atom. The number of rotatable bonds is 2. The van der Waals surface area contributed by atoms with Gasteiger partial charge < -0.3 is 20.1 Å². The van der Waals surface area contributed by atoms with Gasteiger partial charge in [0, 0.05) is 6.07 Å². The van der Waals surface area contributed by atoms with E-state index >= 15 is 0 Å². The first-order valence-electron chi connectivity index (χ1n) is 5.09. The molecule has 1 aromatic heterocycles. The van der Waals surface area contributed by atoms with Crippen LogP contribution in [0.25, 0.3) is 0 Å². The van der Waals surface area contributed by atoms with E-state index in [9.17, 15) is 19.8 Å². The van der Waals surface area contributed by atoms with E-state index in [4.69, 9.17) is 9.84 Å². The molecular weight excluding hydrogens is 359 g/mol. The SMILES string of the molecule is O=c1cc(I)n(C2O[C@H](CO)[C@@H](O)[C@H]2O)c(=O)[nH]1. The molecule has 0 amide bonds. The van der Waals surface area contributed by atoms with Crippen molar-refractivity contribution in [1.29, 1.82) is 0 Å². The molecule has 0 spiro atoms. The normalized spacial score (nSPS) is 31.8. The van der Waals surface area contributed by atoms with Crippen LogP contribution in [0.5, 0.6) is 0 Å². The maximum absolute atomic E-state index is 11.7. The Labute approximate surface area is 114 Å². The lowest BCUT2D eigenvalue weighted by atomic mass is 10.1. The Hall–Kier alpha value is -0.750. The van der Waals surface area contributed by atoms with Gasteiger partial charge in [0.05, 0.1) is 10.3 Å². The number of H-pyrrole nitrogens is 1. The van der Waals surface area contributed by atoms with Crippen LogP contribution in [0, 0.1) is 3.70 Å². The molecule has 0 saturated carbocycles. The summed E-state index contributed by atoms with van der Waals surface area (Å²) >= 11 is 1.75. The van der Waals surface area contributed by atoms with Gasteiger partial charge in [0.25, 0.3) is 5.56 Å². The van der Waals surface area contributed by atoms with E-state index in [0.717, 1.165) is 10.6 Å². The fraction of sp³-hybridized carbons (Fsp3) is 0.556. The monoisotopic (exact) mass is 370 g/mol. The molecule has 1 unspecified atom stereocenters. The fourth-order valence-electron chi connectivity index (χ4n) is 1.81. The van der Waals surface area contributed by atoms with E-state index in [0.29, 0.717) is 0 Å². The molecule has 1 fully saturated rings. The predicted molar refractivity (Wildman–Crippen MR) is 67.0 cm³/mol. The molecule has 1 aliphatic rings. The Kier molecular flexibility index (Phi) is 3.87. The minimum absolute atomic E-state index is 0.260. The van der Waals surface area contributed by atoms with Crippen LogP contribution >= 0.6 is 22.6 Å². The summed E-state index contributed by atoms with van der Waals surface area (Å²) in [5.41, 5.74) is -1.31. The minimum atomic E-state index is -1.36. The molecule has 0 aromatic carbocycles. The summed E-state index contributed by atoms with van der Waals surface area (Å²) in [5.74, 6) is 0. The second-order valence-electron chi connectivity index (χ2n) is 3.86. The molecule has 2 rings (SSSR count). The highest BCUT2D eigenvalue weighted by Crippen LogP contribution is 2.28. The highest BCUT2D eigenvalue weighted by atomic mass is 127. The van der Waals surface area contributed by atoms with Crippen molar-refractivity contribution >= 4 is 22.6 Å². The zero-order chi connectivity index (χ0) is 13.4. The van der Waals surface area contributed by atoms with Crippen molar-refractivity contribution < 1.29 is 20.1 Å². The van der Waals surface area contributed by atoms with E-state index in [1.54, 1.807) is 22.6 Å². The Morgan fingerprint density at radius 3 is 2.56 bits per heavy atom. The number of nitrogens with one attached hydrogen (secondary N) is 1. The van der Waals surface area contributed by atoms with Crippen LogP contribution in [0.1, 0.15) is 6.23 Å². The summed E-state index contributed by atoms with van der Waals surface area (Å²) in [6, 6.07) is 1.16. The third-order valence-corrected chi connectivity index (χ3v) is 3.53. The van der Waals surface area contributed by atoms with Gasteiger partial charge in [-0.15, -0.1) is 0 Å². The molecule has 1 saturated heterocycles. The van der Waals surface area contributed by atoms with Crippen molar-refractivity contribution in [2.24, 2.45) is 0 Å². The van der Waals surface area contributed by atoms with Crippen LogP contribution in [-0.4, -0.2) is 49.8 Å². The number of aromatic amines is 1. The summed E-state index contributed by atoms with van der Waals surface area (Å²) in [7, 11) is 0. The second-order valence-corrected chi connectivity index (χ2v) is 4.97. The maximum Gasteiger partial charge on any atom is 0.331 e. The smallest absolute Gasteiger partial charge is 0.331 e. The van der Waals surface area contributed by atoms with Crippen molar-refractivity contribution in [3.63, 3.8) is 0 Å². The van der Waals surface area contributed by atoms with Crippen LogP contribution in [0.2, 0.25) is 0 Å². The molecule has 4 atom stereocenters. The molecule has 2 heterocycles. The fourth-order valence-corrected chi connectivity index (χ4v) is 2.58. The zero-order valence-corrected chi connectivity index (χ0v) is 11.1. The summed E-state index contributed by atoms with van der Waals surface area (Å²) in [5, 5.41) is 28.3. The first kappa shape index (κ1) is 13.7. The quantitative estimate of drug-likeness (QED) is 0.345. The highest BCUT2D eigenvalue weighted by molar-refractivity contribution is 14.1. The third-order valence-electron chi connectivity index (χ3n) is 2.70. The van der Waals surface area contributed by atoms with Gasteiger partial charge in [-0.25, -0.2) is 4.79 Å². The molecule has 4 N–H and O–H groups in total. The molecule has 8 nitrogen and oxygen atoms in total. The van der Waals surface area contributed by atoms with E-state index in [1.807, 2.05) is 4.98 Å². The Morgan fingerprint density at radius 2 is 2.06 bits per heavy atom. The molecule has 100 valence electrons. The van der Waals surface area contributed by atoms with E-state index < -0.39 is 42.4 Å². The van der Waals surface area contributed by atoms with Crippen molar-refractivity contribution in [2.45, 2.75) is 24.5 Å². The minimum Gasteiger partial charge on any atom is -0.394 e. The lowest BCUT2D eigenvalue weighted by molar-refractivity contribution is -0.0562. The first-order chi connectivity index (χ1) is 8.45. The lowest BCUT2D eigenvalue weighted by Gasteiger charge is -2.18. The number of nitrogens with zero attached hydrogens (tertiary/aromatic N) is 1. The van der Waals surface area contributed by atoms with Crippen molar-refractivity contribution in [2.75, 3.05) is 6.61 Å². The van der Waals surface area contributed by atoms with Gasteiger partial charge in [0.2, 0.25) is 0 Å². The van der Waals surface area contributed by atoms with Crippen LogP contribution < -0.4 is 11.2 Å². The van der Waals surface area contributed by atoms with Crippen LogP contribution in [0.4, 0.5) is 0 Å². The van der Waals surface area contributed by atoms with Crippen molar-refractivity contribution in [3.8, 4) is 0 Å². The number of hydrogen-bond acceptors (Lipinski definition) is 6. The maximum atomic E-state index is 11.7. The standard InChI is InChI=1S/C9H11IN2O6/c10-4-1-5(14)11-9(17)12(4)8-7(16)6(15)3(2-13)18-8/h1,3,6-8,13,15-16H,2H2,(H,11,14,17)/t3-,6-,7-,8?/m1/s1. The Bertz CT molecular complexity index is 555. The number of aliphatic hydroxyl groups is 3. The number of halogens is 1. The van der Waals surface area contributed by atoms with Gasteiger partial charge in [-0.1, -0.05) is 0 Å². The van der Waals surface area contributed by atoms with E-state index in [2.05, 4.69) is 0 Å². The van der Waals surface area contributed by atoms with Gasteiger partial charge in [-0.05, 0) is 22.6 Å². The Balaban J connectivity index is 2.45. The summed E-state index contributed by atoms with van der Waals surface area (Å²) < 4.78 is 6.49. The second kappa shape index (κ2) is 5.09. The van der Waals surface area contributed by atoms with Gasteiger partial charge in [0.15, 0.2) is 6.23 Å². The van der Waals surface area contributed by atoms with E-state index in [1.165, 1.54) is 0 Å². The first-order valence-corrected chi connectivity index (χ1v) is 6.17. The van der Waals surface area contributed by atoms with Crippen LogP contribution in [-0.2, 0) is 4.74 Å². The van der Waals surface area contributed by atoms with Crippen LogP contribution in [0.3, 0.4) is 0 Å². The van der Waals surface area contributed by atoms with Gasteiger partial charge in [-0.3, -0.25) is 14.3 Å². The molecular formula is C9H11IN2O6. The number of aliphatic hydroxyl groups excluding tert-OH is 3. The average molecular weight is 370 g/mol. The number of aromatic nitrogens is 2. The summed E-state index contributed by atoms with van der Waals surface area (Å²) in [4.78, 5) is 24.8. The molecule has 0 bridgehead atoms. The number of hydrogen-bond donors (Lipinski definition) is 4. The summed E-state index contributed by atoms with van der Waals surface area (Å²) in [6.45, 7) is -0.483. The third kappa shape index (κ3) is 2.23. The molecule has 0 aliphatic carbocycles. The topological polar surface area (TPSA) is 125 Å². The van der Waals surface area contributed by atoms with Crippen LogP contribution in [0.15, 0.2) is 15.7 Å². The van der Waals surface area contributed by atoms with Crippen molar-refractivity contribution in [3.05, 3.63) is 30.6 Å². The highest BCUT2D eigenvalue weighted by Gasteiger charge is 2.44. The number of ether oxygens (including phenoxy) is 1. The lowest BCUT2D eigenvalue weighted by Crippen LogP contribution is -2.39. The molecule has 9 heteroatoms. The molecule has 0 radical (unpaired) electrons. The van der Waals surface area contributed by atoms with Gasteiger partial charge >= 0.3 is 5.69 Å². The molecule has 1 aliphatic heterocycles. The zero-order valence-electron chi connectivity index (χ0n) is 8.99. The average Bonchev–Trinajstić information content (AvgIpc) is 2.56. The van der Waals surface area contributed by atoms with E-state index in [-0.39, 0.29) is 3.70 Å². The predicted octanol–water partition coefficient (Wildman–Crippen LogP) is -2.25. The summed E-state index contributed by atoms with van der Waals surface area (Å²) in [6.07, 6.45) is -4.78. The molecule has 1 aromatic rings. The largest absolute Gasteiger partial charge is 0.394 e. The molecule has 18 heavy (non-hydrogen) atoms. The van der Waals surface area contributed by atoms with Crippen molar-refractivity contribution in [1.82, 2.24) is 9.55 Å².